The topological polar surface area (TPSA) is 39.2 Å². The Morgan fingerprint density at radius 3 is 2.56 bits per heavy atom. The summed E-state index contributed by atoms with van der Waals surface area (Å²) in [5.74, 6) is -1.59. The molecule has 0 radical (unpaired) electrons. The van der Waals surface area contributed by atoms with Crippen LogP contribution in [0.4, 0.5) is 8.78 Å². The van der Waals surface area contributed by atoms with Crippen molar-refractivity contribution in [3.05, 3.63) is 59.4 Å². The van der Waals surface area contributed by atoms with E-state index in [1.165, 1.54) is 25.3 Å². The Hall–Kier alpha value is -2.30. The summed E-state index contributed by atoms with van der Waals surface area (Å²) < 4.78 is 30.8. The van der Waals surface area contributed by atoms with Crippen LogP contribution in [-0.4, -0.2) is 17.9 Å². The van der Waals surface area contributed by atoms with Gasteiger partial charge >= 0.3 is 0 Å². The predicted molar refractivity (Wildman–Crippen MR) is 60.6 cm³/mol. The van der Waals surface area contributed by atoms with Crippen LogP contribution in [0.5, 0.6) is 5.75 Å². The minimum atomic E-state index is -0.634. The number of hydrogen-bond donors (Lipinski definition) is 0. The molecule has 0 aliphatic rings. The van der Waals surface area contributed by atoms with E-state index in [1.807, 2.05) is 0 Å². The van der Waals surface area contributed by atoms with Crippen LogP contribution < -0.4 is 4.74 Å². The third-order valence-corrected chi connectivity index (χ3v) is 2.37. The molecule has 0 spiro atoms. The van der Waals surface area contributed by atoms with Gasteiger partial charge in [0.1, 0.15) is 11.5 Å². The molecule has 0 aliphatic heterocycles. The minimum absolute atomic E-state index is 0.0543. The number of methoxy groups -OCH3 is 1. The highest BCUT2D eigenvalue weighted by molar-refractivity contribution is 6.07. The van der Waals surface area contributed by atoms with Crippen LogP contribution >= 0.6 is 0 Å². The van der Waals surface area contributed by atoms with Crippen LogP contribution in [0.15, 0.2) is 36.5 Å². The van der Waals surface area contributed by atoms with E-state index in [-0.39, 0.29) is 17.0 Å². The van der Waals surface area contributed by atoms with Gasteiger partial charge in [-0.25, -0.2) is 13.8 Å². The Kier molecular flexibility index (Phi) is 3.32. The van der Waals surface area contributed by atoms with Crippen molar-refractivity contribution in [1.29, 1.82) is 0 Å². The van der Waals surface area contributed by atoms with Crippen molar-refractivity contribution in [3.8, 4) is 5.75 Å². The van der Waals surface area contributed by atoms with E-state index in [0.717, 1.165) is 18.3 Å². The molecule has 18 heavy (non-hydrogen) atoms. The molecule has 0 aliphatic carbocycles. The second-order valence-electron chi connectivity index (χ2n) is 3.54. The van der Waals surface area contributed by atoms with Crippen LogP contribution in [0, 0.1) is 11.6 Å². The Labute approximate surface area is 102 Å². The molecular formula is C13H9F2NO2. The monoisotopic (exact) mass is 249 g/mol. The fourth-order valence-electron chi connectivity index (χ4n) is 1.47. The van der Waals surface area contributed by atoms with Crippen molar-refractivity contribution >= 4 is 5.78 Å². The van der Waals surface area contributed by atoms with Gasteiger partial charge in [-0.1, -0.05) is 0 Å². The molecule has 0 amide bonds. The molecule has 3 nitrogen and oxygen atoms in total. The number of ketones is 1. The lowest BCUT2D eigenvalue weighted by molar-refractivity contribution is 0.103. The fraction of sp³-hybridized carbons (Fsp3) is 0.0769. The van der Waals surface area contributed by atoms with Crippen molar-refractivity contribution in [2.24, 2.45) is 0 Å². The highest BCUT2D eigenvalue weighted by Gasteiger charge is 2.13. The number of rotatable bonds is 3. The Balaban J connectivity index is 2.34. The van der Waals surface area contributed by atoms with Gasteiger partial charge in [0.25, 0.3) is 0 Å². The maximum absolute atomic E-state index is 13.4. The summed E-state index contributed by atoms with van der Waals surface area (Å²) in [6.45, 7) is 0. The lowest BCUT2D eigenvalue weighted by Crippen LogP contribution is -2.05. The lowest BCUT2D eigenvalue weighted by atomic mass is 10.1. The molecule has 0 fully saturated rings. The predicted octanol–water partition coefficient (Wildman–Crippen LogP) is 2.60. The van der Waals surface area contributed by atoms with Gasteiger partial charge in [0.15, 0.2) is 11.6 Å². The van der Waals surface area contributed by atoms with E-state index in [4.69, 9.17) is 4.74 Å². The Bertz CT molecular complexity index is 582. The number of carbonyl (C=O) groups is 1. The van der Waals surface area contributed by atoms with Crippen LogP contribution in [0.2, 0.25) is 0 Å². The second-order valence-corrected chi connectivity index (χ2v) is 3.54. The highest BCUT2D eigenvalue weighted by atomic mass is 19.1. The van der Waals surface area contributed by atoms with E-state index >= 15 is 0 Å². The van der Waals surface area contributed by atoms with E-state index in [1.54, 1.807) is 0 Å². The molecular weight excluding hydrogens is 240 g/mol. The molecule has 0 N–H and O–H groups in total. The van der Waals surface area contributed by atoms with Gasteiger partial charge in [0.2, 0.25) is 5.78 Å². The maximum Gasteiger partial charge on any atom is 0.211 e. The van der Waals surface area contributed by atoms with Crippen molar-refractivity contribution in [2.75, 3.05) is 7.11 Å². The number of benzene rings is 1. The zero-order chi connectivity index (χ0) is 13.1. The average Bonchev–Trinajstić information content (AvgIpc) is 2.38. The molecule has 0 bridgehead atoms. The van der Waals surface area contributed by atoms with Crippen LogP contribution in [0.3, 0.4) is 0 Å². The summed E-state index contributed by atoms with van der Waals surface area (Å²) in [4.78, 5) is 15.6. The van der Waals surface area contributed by atoms with E-state index < -0.39 is 17.4 Å². The fourth-order valence-corrected chi connectivity index (χ4v) is 1.47. The van der Waals surface area contributed by atoms with Gasteiger partial charge in [-0.05, 0) is 30.3 Å². The molecule has 5 heteroatoms. The van der Waals surface area contributed by atoms with Crippen LogP contribution in [0.25, 0.3) is 0 Å². The number of nitrogens with zero attached hydrogens (tertiary/aromatic N) is 1. The molecule has 1 heterocycles. The number of aromatic nitrogens is 1. The molecule has 2 rings (SSSR count). The maximum atomic E-state index is 13.4. The van der Waals surface area contributed by atoms with Crippen LogP contribution in [-0.2, 0) is 0 Å². The molecule has 1 aromatic carbocycles. The quantitative estimate of drug-likeness (QED) is 0.785. The number of halogens is 2. The summed E-state index contributed by atoms with van der Waals surface area (Å²) in [5, 5.41) is 0. The Morgan fingerprint density at radius 1 is 1.22 bits per heavy atom. The molecule has 0 saturated carbocycles. The van der Waals surface area contributed by atoms with Gasteiger partial charge in [-0.15, -0.1) is 0 Å². The summed E-state index contributed by atoms with van der Waals surface area (Å²) in [6.07, 6.45) is 0.938. The first-order valence-electron chi connectivity index (χ1n) is 5.11. The first-order chi connectivity index (χ1) is 8.61. The zero-order valence-electron chi connectivity index (χ0n) is 9.48. The smallest absolute Gasteiger partial charge is 0.211 e. The first-order valence-corrected chi connectivity index (χ1v) is 5.11. The number of pyridine rings is 1. The largest absolute Gasteiger partial charge is 0.494 e. The molecule has 1 aromatic heterocycles. The number of carbonyl (C=O) groups excluding carboxylic acids is 1. The van der Waals surface area contributed by atoms with E-state index in [0.29, 0.717) is 0 Å². The van der Waals surface area contributed by atoms with E-state index in [2.05, 4.69) is 4.98 Å². The van der Waals surface area contributed by atoms with Crippen molar-refractivity contribution < 1.29 is 18.3 Å². The second kappa shape index (κ2) is 4.91. The third kappa shape index (κ3) is 2.34. The summed E-state index contributed by atoms with van der Waals surface area (Å²) in [5.41, 5.74) is 0.188. The minimum Gasteiger partial charge on any atom is -0.494 e. The van der Waals surface area contributed by atoms with Crippen molar-refractivity contribution in [3.63, 3.8) is 0 Å². The van der Waals surface area contributed by atoms with Gasteiger partial charge in [-0.3, -0.25) is 4.79 Å². The summed E-state index contributed by atoms with van der Waals surface area (Å²) >= 11 is 0. The number of hydrogen-bond acceptors (Lipinski definition) is 3. The van der Waals surface area contributed by atoms with Gasteiger partial charge in [0.05, 0.1) is 13.3 Å². The molecule has 0 saturated heterocycles. The number of ether oxygens (including phenoxy) is 1. The zero-order valence-corrected chi connectivity index (χ0v) is 9.48. The molecule has 2 aromatic rings. The first kappa shape index (κ1) is 12.2. The summed E-state index contributed by atoms with van der Waals surface area (Å²) in [6, 6.07) is 6.22. The highest BCUT2D eigenvalue weighted by Crippen LogP contribution is 2.19. The van der Waals surface area contributed by atoms with Crippen molar-refractivity contribution in [1.82, 2.24) is 4.98 Å². The van der Waals surface area contributed by atoms with Crippen molar-refractivity contribution in [2.45, 2.75) is 0 Å². The molecule has 0 unspecified atom stereocenters. The lowest BCUT2D eigenvalue weighted by Gasteiger charge is -2.04. The Morgan fingerprint density at radius 2 is 2.00 bits per heavy atom. The normalized spacial score (nSPS) is 10.2. The molecule has 0 atom stereocenters. The third-order valence-electron chi connectivity index (χ3n) is 2.37. The van der Waals surface area contributed by atoms with E-state index in [9.17, 15) is 13.6 Å². The SMILES string of the molecule is COc1ccc(C(=O)c2ccc(F)cn2)cc1F. The van der Waals surface area contributed by atoms with Crippen LogP contribution in [0.1, 0.15) is 16.1 Å². The van der Waals surface area contributed by atoms with Gasteiger partial charge in [0, 0.05) is 5.56 Å². The van der Waals surface area contributed by atoms with Gasteiger partial charge < -0.3 is 4.74 Å². The summed E-state index contributed by atoms with van der Waals surface area (Å²) in [7, 11) is 1.33. The molecule has 92 valence electrons. The average molecular weight is 249 g/mol. The van der Waals surface area contributed by atoms with Gasteiger partial charge in [-0.2, -0.15) is 0 Å². The standard InChI is InChI=1S/C13H9F2NO2/c1-18-12-5-2-8(6-10(12)15)13(17)11-4-3-9(14)7-16-11/h2-7H,1H3.